The normalized spacial score (nSPS) is 35.4. The van der Waals surface area contributed by atoms with E-state index in [9.17, 15) is 24.9 Å². The lowest BCUT2D eigenvalue weighted by Crippen LogP contribution is -2.45. The van der Waals surface area contributed by atoms with Crippen LogP contribution in [0.4, 0.5) is 4.79 Å². The van der Waals surface area contributed by atoms with Crippen LogP contribution in [0.15, 0.2) is 36.0 Å². The van der Waals surface area contributed by atoms with Gasteiger partial charge in [0.2, 0.25) is 0 Å². The average Bonchev–Trinajstić information content (AvgIpc) is 3.78. The Hall–Kier alpha value is -2.24. The number of cyclic esters (lactones) is 1. The summed E-state index contributed by atoms with van der Waals surface area (Å²) >= 11 is 0. The number of allylic oxidation sites excluding steroid dienone is 3. The van der Waals surface area contributed by atoms with Crippen LogP contribution in [0.3, 0.4) is 0 Å². The minimum absolute atomic E-state index is 0.0990. The van der Waals surface area contributed by atoms with E-state index in [2.05, 4.69) is 18.3 Å². The number of amides is 1. The smallest absolute Gasteiger partial charge is 0.410 e. The zero-order valence-corrected chi connectivity index (χ0v) is 27.5. The Kier molecular flexibility index (Phi) is 13.9. The van der Waals surface area contributed by atoms with Gasteiger partial charge in [0.1, 0.15) is 11.7 Å². The summed E-state index contributed by atoms with van der Waals surface area (Å²) in [6.07, 6.45) is 8.82. The van der Waals surface area contributed by atoms with Gasteiger partial charge >= 0.3 is 12.1 Å². The summed E-state index contributed by atoms with van der Waals surface area (Å²) < 4.78 is 17.6. The molecule has 0 spiro atoms. The molecule has 0 aliphatic carbocycles. The quantitative estimate of drug-likeness (QED) is 0.131. The number of aliphatic hydroxyl groups is 3. The predicted octanol–water partition coefficient (Wildman–Crippen LogP) is 3.89. The van der Waals surface area contributed by atoms with Crippen molar-refractivity contribution >= 4 is 12.1 Å². The first-order valence-electron chi connectivity index (χ1n) is 16.4. The van der Waals surface area contributed by atoms with Gasteiger partial charge in [-0.3, -0.25) is 4.79 Å². The van der Waals surface area contributed by atoms with Crippen LogP contribution >= 0.6 is 0 Å². The molecule has 2 saturated heterocycles. The number of carbonyl (C=O) groups is 2. The van der Waals surface area contributed by atoms with Gasteiger partial charge in [0.05, 0.1) is 30.8 Å². The molecule has 10 nitrogen and oxygen atoms in total. The second-order valence-corrected chi connectivity index (χ2v) is 13.3. The predicted molar refractivity (Wildman–Crippen MR) is 169 cm³/mol. The third kappa shape index (κ3) is 11.0. The number of epoxide rings is 1. The molecule has 3 aliphatic rings. The highest BCUT2D eigenvalue weighted by Crippen LogP contribution is 2.36. The first-order chi connectivity index (χ1) is 20.8. The Morgan fingerprint density at radius 2 is 2.02 bits per heavy atom. The highest BCUT2D eigenvalue weighted by molar-refractivity contribution is 5.70. The SMILES string of the molecule is CCC(O)C(C)C1OC1CC(C)/C=C/C=C(\C)C1OC(=O)CC(O)CCC(C)(O)C(OC(=O)N2CCCNCC2)/C=C\C1C. The molecule has 1 amide bonds. The molecule has 0 aromatic carbocycles. The molecule has 0 bridgehead atoms. The van der Waals surface area contributed by atoms with Gasteiger partial charge in [0.25, 0.3) is 0 Å². The van der Waals surface area contributed by atoms with E-state index in [1.165, 1.54) is 0 Å². The molecular weight excluding hydrogens is 564 g/mol. The fraction of sp³-hybridized carbons (Fsp3) is 0.765. The van der Waals surface area contributed by atoms with Gasteiger partial charge in [-0.2, -0.15) is 0 Å². The molecule has 0 aromatic rings. The maximum atomic E-state index is 13.1. The van der Waals surface area contributed by atoms with Gasteiger partial charge in [-0.25, -0.2) is 4.79 Å². The molecule has 10 unspecified atom stereocenters. The average molecular weight is 621 g/mol. The summed E-state index contributed by atoms with van der Waals surface area (Å²) in [5, 5.41) is 35.3. The van der Waals surface area contributed by atoms with E-state index in [-0.39, 0.29) is 55.3 Å². The van der Waals surface area contributed by atoms with Crippen LogP contribution in [0, 0.1) is 17.8 Å². The van der Waals surface area contributed by atoms with Crippen molar-refractivity contribution in [3.63, 3.8) is 0 Å². The van der Waals surface area contributed by atoms with Gasteiger partial charge in [0, 0.05) is 31.5 Å². The number of hydrogen-bond acceptors (Lipinski definition) is 9. The Labute approximate surface area is 263 Å². The molecule has 0 saturated carbocycles. The topological polar surface area (TPSA) is 141 Å². The fourth-order valence-corrected chi connectivity index (χ4v) is 6.00. The van der Waals surface area contributed by atoms with Gasteiger partial charge < -0.3 is 39.7 Å². The molecular formula is C34H56N2O8. The van der Waals surface area contributed by atoms with Crippen LogP contribution in [0.1, 0.15) is 80.1 Å². The molecule has 4 N–H and O–H groups in total. The molecule has 0 radical (unpaired) electrons. The number of carbonyl (C=O) groups excluding carboxylic acids is 2. The third-order valence-electron chi connectivity index (χ3n) is 9.17. The lowest BCUT2D eigenvalue weighted by atomic mass is 9.88. The van der Waals surface area contributed by atoms with Gasteiger partial charge in [-0.05, 0) is 70.1 Å². The van der Waals surface area contributed by atoms with E-state index < -0.39 is 36.0 Å². The van der Waals surface area contributed by atoms with Crippen LogP contribution in [0.5, 0.6) is 0 Å². The van der Waals surface area contributed by atoms with E-state index >= 15 is 0 Å². The van der Waals surface area contributed by atoms with Crippen molar-refractivity contribution in [3.05, 3.63) is 36.0 Å². The fourth-order valence-electron chi connectivity index (χ4n) is 6.00. The Morgan fingerprint density at radius 3 is 2.75 bits per heavy atom. The summed E-state index contributed by atoms with van der Waals surface area (Å²) in [7, 11) is 0. The Morgan fingerprint density at radius 1 is 1.27 bits per heavy atom. The zero-order valence-electron chi connectivity index (χ0n) is 27.5. The van der Waals surface area contributed by atoms with Gasteiger partial charge in [-0.15, -0.1) is 0 Å². The Bertz CT molecular complexity index is 1020. The lowest BCUT2D eigenvalue weighted by Gasteiger charge is -2.34. The molecule has 0 aromatic heterocycles. The first-order valence-corrected chi connectivity index (χ1v) is 16.4. The summed E-state index contributed by atoms with van der Waals surface area (Å²) in [6.45, 7) is 14.1. The van der Waals surface area contributed by atoms with Crippen molar-refractivity contribution in [3.8, 4) is 0 Å². The number of ether oxygens (including phenoxy) is 3. The molecule has 250 valence electrons. The summed E-state index contributed by atoms with van der Waals surface area (Å²) in [5.74, 6) is -0.440. The van der Waals surface area contributed by atoms with Crippen molar-refractivity contribution < 1.29 is 39.1 Å². The first kappa shape index (κ1) is 36.2. The number of hydrogen-bond donors (Lipinski definition) is 4. The molecule has 3 rings (SSSR count). The van der Waals surface area contributed by atoms with Crippen LogP contribution in [0.25, 0.3) is 0 Å². The molecule has 3 aliphatic heterocycles. The van der Waals surface area contributed by atoms with E-state index in [1.807, 2.05) is 45.9 Å². The molecule has 10 heteroatoms. The summed E-state index contributed by atoms with van der Waals surface area (Å²) in [6, 6.07) is 0. The molecule has 2 fully saturated rings. The molecule has 44 heavy (non-hydrogen) atoms. The van der Waals surface area contributed by atoms with Crippen molar-refractivity contribution in [1.82, 2.24) is 10.2 Å². The van der Waals surface area contributed by atoms with Crippen molar-refractivity contribution in [1.29, 1.82) is 0 Å². The highest BCUT2D eigenvalue weighted by atomic mass is 16.6. The van der Waals surface area contributed by atoms with Crippen molar-refractivity contribution in [2.24, 2.45) is 17.8 Å². The largest absolute Gasteiger partial charge is 0.457 e. The lowest BCUT2D eigenvalue weighted by molar-refractivity contribution is -0.151. The number of aliphatic hydroxyl groups excluding tert-OH is 2. The second-order valence-electron chi connectivity index (χ2n) is 13.3. The Balaban J connectivity index is 1.71. The number of nitrogens with zero attached hydrogens (tertiary/aromatic N) is 1. The third-order valence-corrected chi connectivity index (χ3v) is 9.17. The molecule has 3 heterocycles. The van der Waals surface area contributed by atoms with E-state index in [0.29, 0.717) is 26.1 Å². The van der Waals surface area contributed by atoms with Crippen LogP contribution < -0.4 is 5.32 Å². The maximum Gasteiger partial charge on any atom is 0.410 e. The number of nitrogens with one attached hydrogen (secondary N) is 1. The van der Waals surface area contributed by atoms with E-state index in [4.69, 9.17) is 14.2 Å². The second kappa shape index (κ2) is 16.9. The van der Waals surface area contributed by atoms with Crippen molar-refractivity contribution in [2.75, 3.05) is 26.2 Å². The summed E-state index contributed by atoms with van der Waals surface area (Å²) in [4.78, 5) is 27.5. The number of esters is 1. The van der Waals surface area contributed by atoms with Crippen LogP contribution in [-0.4, -0.2) is 101 Å². The standard InChI is InChI=1S/C34H56N2O8/c1-7-27(38)25(5)32-28(42-32)20-22(2)10-8-11-23(3)31-24(4)12-13-29(43-33(40)36-18-9-16-35-17-19-36)34(6,41)15-14-26(37)21-30(39)44-31/h8,10-13,22,24-29,31-32,35,37-38,41H,7,9,14-21H2,1-6H3/b10-8+,13-12-,23-11+. The van der Waals surface area contributed by atoms with Gasteiger partial charge in [-0.1, -0.05) is 52.0 Å². The van der Waals surface area contributed by atoms with E-state index in [0.717, 1.165) is 25.0 Å². The van der Waals surface area contributed by atoms with Gasteiger partial charge in [0.15, 0.2) is 6.10 Å². The van der Waals surface area contributed by atoms with Crippen molar-refractivity contribution in [2.45, 2.75) is 122 Å². The summed E-state index contributed by atoms with van der Waals surface area (Å²) in [5.41, 5.74) is -0.626. The number of rotatable bonds is 9. The van der Waals surface area contributed by atoms with E-state index in [1.54, 1.807) is 17.9 Å². The minimum atomic E-state index is -1.45. The highest BCUT2D eigenvalue weighted by Gasteiger charge is 2.45. The van der Waals surface area contributed by atoms with Crippen LogP contribution in [0.2, 0.25) is 0 Å². The van der Waals surface area contributed by atoms with Crippen LogP contribution in [-0.2, 0) is 19.0 Å². The molecule has 10 atom stereocenters. The minimum Gasteiger partial charge on any atom is -0.457 e. The maximum absolute atomic E-state index is 13.1. The zero-order chi connectivity index (χ0) is 32.4. The monoisotopic (exact) mass is 620 g/mol.